The van der Waals surface area contributed by atoms with E-state index >= 15 is 0 Å². The van der Waals surface area contributed by atoms with Crippen molar-refractivity contribution >= 4 is 27.7 Å². The number of nitrogens with zero attached hydrogens (tertiary/aromatic N) is 1. The number of carbonyl (C=O) groups excluding carboxylic acids is 1. The fourth-order valence-corrected chi connectivity index (χ4v) is 1.67. The van der Waals surface area contributed by atoms with Gasteiger partial charge in [-0.1, -0.05) is 15.9 Å². The van der Waals surface area contributed by atoms with E-state index in [2.05, 4.69) is 20.9 Å². The second-order valence-corrected chi connectivity index (χ2v) is 5.47. The van der Waals surface area contributed by atoms with Crippen molar-refractivity contribution in [3.8, 4) is 0 Å². The highest BCUT2D eigenvalue weighted by atomic mass is 79.9. The minimum Gasteiger partial charge on any atom is -0.456 e. The Balaban J connectivity index is 2.88. The first kappa shape index (κ1) is 14.0. The zero-order valence-corrected chi connectivity index (χ0v) is 11.9. The molecule has 0 fully saturated rings. The number of hydrogen-bond acceptors (Lipinski definition) is 4. The van der Waals surface area contributed by atoms with E-state index in [0.717, 1.165) is 17.4 Å². The summed E-state index contributed by atoms with van der Waals surface area (Å²) in [6, 6.07) is 3.45. The number of carbonyl (C=O) groups is 1. The topological polar surface area (TPSA) is 65.2 Å². The number of anilines is 1. The largest absolute Gasteiger partial charge is 0.456 e. The van der Waals surface area contributed by atoms with Crippen LogP contribution in [-0.4, -0.2) is 21.9 Å². The van der Waals surface area contributed by atoms with E-state index < -0.39 is 11.6 Å². The quantitative estimate of drug-likeness (QED) is 0.688. The van der Waals surface area contributed by atoms with E-state index in [4.69, 9.17) is 10.5 Å². The third-order valence-electron chi connectivity index (χ3n) is 1.95. The first-order chi connectivity index (χ1) is 7.83. The van der Waals surface area contributed by atoms with Crippen LogP contribution in [0.3, 0.4) is 0 Å². The molecule has 17 heavy (non-hydrogen) atoms. The molecule has 0 spiro atoms. The Morgan fingerprint density at radius 3 is 2.59 bits per heavy atom. The zero-order valence-electron chi connectivity index (χ0n) is 10.3. The molecule has 0 aliphatic rings. The van der Waals surface area contributed by atoms with Crippen molar-refractivity contribution in [2.75, 3.05) is 11.1 Å². The number of rotatable bonds is 3. The van der Waals surface area contributed by atoms with E-state index in [0.29, 0.717) is 5.56 Å². The number of esters is 1. The molecule has 0 bridgehead atoms. The molecule has 0 aromatic carbocycles. The Kier molecular flexibility index (Phi) is 4.51. The summed E-state index contributed by atoms with van der Waals surface area (Å²) in [5.41, 5.74) is 6.39. The van der Waals surface area contributed by atoms with Crippen LogP contribution < -0.4 is 5.73 Å². The van der Waals surface area contributed by atoms with Gasteiger partial charge in [-0.15, -0.1) is 0 Å². The number of nitrogen functional groups attached to an aromatic ring is 1. The summed E-state index contributed by atoms with van der Waals surface area (Å²) in [5.74, 6) is -0.217. The van der Waals surface area contributed by atoms with Crippen molar-refractivity contribution in [1.82, 2.24) is 4.98 Å². The van der Waals surface area contributed by atoms with Gasteiger partial charge in [-0.2, -0.15) is 0 Å². The van der Waals surface area contributed by atoms with Crippen molar-refractivity contribution in [2.24, 2.45) is 0 Å². The highest BCUT2D eigenvalue weighted by Crippen LogP contribution is 2.16. The van der Waals surface area contributed by atoms with Crippen molar-refractivity contribution in [3.63, 3.8) is 0 Å². The van der Waals surface area contributed by atoms with Gasteiger partial charge >= 0.3 is 5.97 Å². The van der Waals surface area contributed by atoms with Crippen molar-refractivity contribution in [3.05, 3.63) is 23.4 Å². The lowest BCUT2D eigenvalue weighted by atomic mass is 10.1. The normalized spacial score (nSPS) is 11.3. The summed E-state index contributed by atoms with van der Waals surface area (Å²) < 4.78 is 5.24. The highest BCUT2D eigenvalue weighted by Gasteiger charge is 2.20. The van der Waals surface area contributed by atoms with Gasteiger partial charge < -0.3 is 10.5 Å². The number of alkyl halides is 1. The summed E-state index contributed by atoms with van der Waals surface area (Å²) in [5, 5.41) is 0.811. The molecule has 0 aliphatic carbocycles. The molecule has 0 saturated heterocycles. The Hall–Kier alpha value is -1.10. The molecule has 1 heterocycles. The lowest BCUT2D eigenvalue weighted by Crippen LogP contribution is -2.24. The number of aryl methyl sites for hydroxylation is 1. The second kappa shape index (κ2) is 5.49. The SMILES string of the molecule is CC(C)(C)OC(=O)c1ccc(CCBr)nc1N. The zero-order chi connectivity index (χ0) is 13.1. The summed E-state index contributed by atoms with van der Waals surface area (Å²) >= 11 is 3.33. The molecular formula is C12H17BrN2O2. The molecule has 5 heteroatoms. The van der Waals surface area contributed by atoms with Crippen LogP contribution in [0, 0.1) is 0 Å². The molecule has 0 radical (unpaired) electrons. The minimum absolute atomic E-state index is 0.220. The van der Waals surface area contributed by atoms with Crippen LogP contribution in [0.15, 0.2) is 12.1 Å². The molecular weight excluding hydrogens is 284 g/mol. The number of aromatic nitrogens is 1. The van der Waals surface area contributed by atoms with Gasteiger partial charge in [0.25, 0.3) is 0 Å². The van der Waals surface area contributed by atoms with E-state index in [1.165, 1.54) is 0 Å². The molecule has 0 unspecified atom stereocenters. The Morgan fingerprint density at radius 1 is 1.47 bits per heavy atom. The van der Waals surface area contributed by atoms with Crippen LogP contribution >= 0.6 is 15.9 Å². The maximum Gasteiger partial charge on any atom is 0.342 e. The number of halogens is 1. The second-order valence-electron chi connectivity index (χ2n) is 4.68. The standard InChI is InChI=1S/C12H17BrN2O2/c1-12(2,3)17-11(16)9-5-4-8(6-7-13)15-10(9)14/h4-5H,6-7H2,1-3H3,(H2,14,15). The van der Waals surface area contributed by atoms with Crippen LogP contribution in [0.25, 0.3) is 0 Å². The third kappa shape index (κ3) is 4.34. The summed E-state index contributed by atoms with van der Waals surface area (Å²) in [7, 11) is 0. The molecule has 1 aromatic rings. The summed E-state index contributed by atoms with van der Waals surface area (Å²) in [4.78, 5) is 16.0. The Labute approximate surface area is 110 Å². The van der Waals surface area contributed by atoms with Gasteiger partial charge in [0.15, 0.2) is 0 Å². The third-order valence-corrected chi connectivity index (χ3v) is 2.35. The molecule has 1 aromatic heterocycles. The molecule has 2 N–H and O–H groups in total. The van der Waals surface area contributed by atoms with E-state index in [1.54, 1.807) is 12.1 Å². The van der Waals surface area contributed by atoms with E-state index in [1.807, 2.05) is 20.8 Å². The molecule has 0 aliphatic heterocycles. The monoisotopic (exact) mass is 300 g/mol. The summed E-state index contributed by atoms with van der Waals surface area (Å²) in [6.45, 7) is 5.44. The van der Waals surface area contributed by atoms with Crippen LogP contribution in [0.2, 0.25) is 0 Å². The fraction of sp³-hybridized carbons (Fsp3) is 0.500. The van der Waals surface area contributed by atoms with Gasteiger partial charge in [0.05, 0.1) is 0 Å². The van der Waals surface area contributed by atoms with E-state index in [-0.39, 0.29) is 5.82 Å². The van der Waals surface area contributed by atoms with Gasteiger partial charge in [0.2, 0.25) is 0 Å². The maximum atomic E-state index is 11.8. The van der Waals surface area contributed by atoms with Crippen LogP contribution in [0.1, 0.15) is 36.8 Å². The van der Waals surface area contributed by atoms with Gasteiger partial charge in [0, 0.05) is 11.0 Å². The first-order valence-corrected chi connectivity index (χ1v) is 6.50. The lowest BCUT2D eigenvalue weighted by molar-refractivity contribution is 0.00705. The number of pyridine rings is 1. The van der Waals surface area contributed by atoms with Gasteiger partial charge in [-0.05, 0) is 39.3 Å². The van der Waals surface area contributed by atoms with Crippen LogP contribution in [0.4, 0.5) is 5.82 Å². The molecule has 0 atom stereocenters. The molecule has 0 amide bonds. The number of ether oxygens (including phenoxy) is 1. The maximum absolute atomic E-state index is 11.8. The lowest BCUT2D eigenvalue weighted by Gasteiger charge is -2.19. The van der Waals surface area contributed by atoms with Crippen LogP contribution in [-0.2, 0) is 11.2 Å². The predicted molar refractivity (Wildman–Crippen MR) is 71.3 cm³/mol. The Morgan fingerprint density at radius 2 is 2.12 bits per heavy atom. The number of nitrogens with two attached hydrogens (primary N) is 1. The highest BCUT2D eigenvalue weighted by molar-refractivity contribution is 9.09. The fourth-order valence-electron chi connectivity index (χ4n) is 1.26. The smallest absolute Gasteiger partial charge is 0.342 e. The summed E-state index contributed by atoms with van der Waals surface area (Å²) in [6.07, 6.45) is 0.777. The molecule has 0 saturated carbocycles. The Bertz CT molecular complexity index is 413. The van der Waals surface area contributed by atoms with Crippen LogP contribution in [0.5, 0.6) is 0 Å². The van der Waals surface area contributed by atoms with Crippen molar-refractivity contribution < 1.29 is 9.53 Å². The molecule has 4 nitrogen and oxygen atoms in total. The number of hydrogen-bond donors (Lipinski definition) is 1. The van der Waals surface area contributed by atoms with Crippen molar-refractivity contribution in [2.45, 2.75) is 32.8 Å². The minimum atomic E-state index is -0.530. The molecule has 94 valence electrons. The predicted octanol–water partition coefficient (Wildman–Crippen LogP) is 2.56. The van der Waals surface area contributed by atoms with Gasteiger partial charge in [-0.3, -0.25) is 0 Å². The average Bonchev–Trinajstić information content (AvgIpc) is 2.15. The van der Waals surface area contributed by atoms with Crippen molar-refractivity contribution in [1.29, 1.82) is 0 Å². The van der Waals surface area contributed by atoms with E-state index in [9.17, 15) is 4.79 Å². The average molecular weight is 301 g/mol. The first-order valence-electron chi connectivity index (χ1n) is 5.38. The van der Waals surface area contributed by atoms with Gasteiger partial charge in [-0.25, -0.2) is 9.78 Å². The van der Waals surface area contributed by atoms with Gasteiger partial charge in [0.1, 0.15) is 17.0 Å². The molecule has 1 rings (SSSR count).